The first kappa shape index (κ1) is 20.9. The molecule has 1 aliphatic rings. The molecular weight excluding hydrogens is 338 g/mol. The van der Waals surface area contributed by atoms with Crippen molar-refractivity contribution in [1.29, 1.82) is 0 Å². The molecule has 1 amide bonds. The minimum absolute atomic E-state index is 0.0321. The van der Waals surface area contributed by atoms with Crippen LogP contribution in [0, 0.1) is 0 Å². The number of aliphatic hydroxyl groups is 1. The normalized spacial score (nSPS) is 28.6. The van der Waals surface area contributed by atoms with Crippen LogP contribution in [0.3, 0.4) is 0 Å². The van der Waals surface area contributed by atoms with Crippen LogP contribution < -0.4 is 5.32 Å². The molecule has 10 heteroatoms. The molecule has 0 saturated carbocycles. The van der Waals surface area contributed by atoms with E-state index in [1.54, 1.807) is 0 Å². The lowest BCUT2D eigenvalue weighted by atomic mass is 9.96. The number of carbonyl (C=O) groups excluding carboxylic acids is 3. The number of ether oxygens (including phenoxy) is 5. The molecule has 142 valence electrons. The maximum atomic E-state index is 11.7. The van der Waals surface area contributed by atoms with Gasteiger partial charge in [-0.15, -0.1) is 0 Å². The molecule has 1 aliphatic heterocycles. The van der Waals surface area contributed by atoms with Gasteiger partial charge in [-0.3, -0.25) is 9.59 Å². The Morgan fingerprint density at radius 1 is 1.24 bits per heavy atom. The van der Waals surface area contributed by atoms with Gasteiger partial charge in [0.15, 0.2) is 12.4 Å². The number of methoxy groups -OCH3 is 1. The predicted octanol–water partition coefficient (Wildman–Crippen LogP) is -0.506. The molecule has 2 unspecified atom stereocenters. The van der Waals surface area contributed by atoms with Crippen LogP contribution in [0.25, 0.3) is 0 Å². The SMILES string of the molecule is C=CCOC(=O)NC1C(O)[C@@H](OC(C)=O)[C@H](COC(C)=O)O[C@H]1OC. The van der Waals surface area contributed by atoms with Gasteiger partial charge in [0.2, 0.25) is 0 Å². The summed E-state index contributed by atoms with van der Waals surface area (Å²) in [6.07, 6.45) is -4.10. The van der Waals surface area contributed by atoms with Gasteiger partial charge in [0.1, 0.15) is 31.5 Å². The van der Waals surface area contributed by atoms with E-state index in [1.807, 2.05) is 0 Å². The van der Waals surface area contributed by atoms with Gasteiger partial charge in [-0.05, 0) is 0 Å². The molecule has 0 bridgehead atoms. The van der Waals surface area contributed by atoms with E-state index >= 15 is 0 Å². The Morgan fingerprint density at radius 2 is 1.92 bits per heavy atom. The summed E-state index contributed by atoms with van der Waals surface area (Å²) in [4.78, 5) is 34.0. The highest BCUT2D eigenvalue weighted by atomic mass is 16.7. The molecule has 25 heavy (non-hydrogen) atoms. The van der Waals surface area contributed by atoms with E-state index in [-0.39, 0.29) is 13.2 Å². The number of carbonyl (C=O) groups is 3. The molecule has 0 spiro atoms. The summed E-state index contributed by atoms with van der Waals surface area (Å²) in [5.41, 5.74) is 0. The Balaban J connectivity index is 2.91. The number of hydrogen-bond donors (Lipinski definition) is 2. The van der Waals surface area contributed by atoms with Crippen LogP contribution in [-0.4, -0.2) is 74.1 Å². The van der Waals surface area contributed by atoms with E-state index < -0.39 is 48.7 Å². The van der Waals surface area contributed by atoms with Crippen LogP contribution in [0.2, 0.25) is 0 Å². The molecule has 0 radical (unpaired) electrons. The highest BCUT2D eigenvalue weighted by Gasteiger charge is 2.48. The van der Waals surface area contributed by atoms with Crippen molar-refractivity contribution in [3.8, 4) is 0 Å². The Bertz CT molecular complexity index is 495. The molecule has 1 fully saturated rings. The van der Waals surface area contributed by atoms with Gasteiger partial charge in [0, 0.05) is 21.0 Å². The lowest BCUT2D eigenvalue weighted by Gasteiger charge is -2.43. The lowest BCUT2D eigenvalue weighted by Crippen LogP contribution is -2.65. The van der Waals surface area contributed by atoms with Gasteiger partial charge < -0.3 is 34.1 Å². The zero-order valence-electron chi connectivity index (χ0n) is 14.3. The fourth-order valence-corrected chi connectivity index (χ4v) is 2.26. The van der Waals surface area contributed by atoms with E-state index in [0.717, 1.165) is 6.92 Å². The van der Waals surface area contributed by atoms with Crippen molar-refractivity contribution in [1.82, 2.24) is 5.32 Å². The Morgan fingerprint density at radius 3 is 2.44 bits per heavy atom. The third-order valence-electron chi connectivity index (χ3n) is 3.28. The number of aliphatic hydroxyl groups excluding tert-OH is 1. The second kappa shape index (κ2) is 9.97. The summed E-state index contributed by atoms with van der Waals surface area (Å²) >= 11 is 0. The first-order valence-electron chi connectivity index (χ1n) is 7.51. The number of esters is 2. The van der Waals surface area contributed by atoms with E-state index in [0.29, 0.717) is 0 Å². The van der Waals surface area contributed by atoms with Crippen LogP contribution in [0.4, 0.5) is 4.79 Å². The smallest absolute Gasteiger partial charge is 0.407 e. The van der Waals surface area contributed by atoms with Crippen LogP contribution in [0.5, 0.6) is 0 Å². The molecule has 10 nitrogen and oxygen atoms in total. The summed E-state index contributed by atoms with van der Waals surface area (Å²) < 4.78 is 25.4. The molecular formula is C15H23NO9. The van der Waals surface area contributed by atoms with Gasteiger partial charge >= 0.3 is 18.0 Å². The van der Waals surface area contributed by atoms with Crippen molar-refractivity contribution < 1.29 is 43.2 Å². The summed E-state index contributed by atoms with van der Waals surface area (Å²) in [5, 5.41) is 12.9. The minimum atomic E-state index is -1.39. The Labute approximate surface area is 145 Å². The average Bonchev–Trinajstić information content (AvgIpc) is 2.55. The van der Waals surface area contributed by atoms with Crippen molar-refractivity contribution in [2.75, 3.05) is 20.3 Å². The van der Waals surface area contributed by atoms with E-state index in [2.05, 4.69) is 11.9 Å². The molecule has 2 N–H and O–H groups in total. The second-order valence-electron chi connectivity index (χ2n) is 5.20. The molecule has 0 aromatic rings. The second-order valence-corrected chi connectivity index (χ2v) is 5.20. The number of nitrogens with one attached hydrogen (secondary N) is 1. The molecule has 1 rings (SSSR count). The Hall–Kier alpha value is -2.17. The maximum absolute atomic E-state index is 11.7. The fraction of sp³-hybridized carbons (Fsp3) is 0.667. The number of amides is 1. The molecule has 1 saturated heterocycles. The minimum Gasteiger partial charge on any atom is -0.463 e. The standard InChI is InChI=1S/C15H23NO9/c1-5-6-22-15(20)16-11-12(19)13(24-9(3)18)10(7-23-8(2)17)25-14(11)21-4/h5,10-14,19H,1,6-7H2,2-4H3,(H,16,20)/t10-,11?,12?,13-,14+/m0/s1. The first-order chi connectivity index (χ1) is 11.8. The van der Waals surface area contributed by atoms with E-state index in [1.165, 1.54) is 20.1 Å². The Kier molecular flexibility index (Phi) is 8.32. The molecule has 0 aromatic heterocycles. The molecule has 0 aliphatic carbocycles. The topological polar surface area (TPSA) is 130 Å². The van der Waals surface area contributed by atoms with Crippen molar-refractivity contribution in [3.63, 3.8) is 0 Å². The largest absolute Gasteiger partial charge is 0.463 e. The van der Waals surface area contributed by atoms with Crippen molar-refractivity contribution in [2.24, 2.45) is 0 Å². The summed E-state index contributed by atoms with van der Waals surface area (Å²) in [5.74, 6) is -1.24. The molecule has 5 atom stereocenters. The monoisotopic (exact) mass is 361 g/mol. The van der Waals surface area contributed by atoms with Gasteiger partial charge in [-0.1, -0.05) is 12.7 Å². The number of hydrogen-bond acceptors (Lipinski definition) is 9. The summed E-state index contributed by atoms with van der Waals surface area (Å²) in [7, 11) is 1.30. The van der Waals surface area contributed by atoms with Crippen molar-refractivity contribution in [3.05, 3.63) is 12.7 Å². The summed E-state index contributed by atoms with van der Waals surface area (Å²) in [6, 6.07) is -1.08. The third-order valence-corrected chi connectivity index (χ3v) is 3.28. The van der Waals surface area contributed by atoms with Crippen LogP contribution in [0.15, 0.2) is 12.7 Å². The van der Waals surface area contributed by atoms with Crippen molar-refractivity contribution >= 4 is 18.0 Å². The van der Waals surface area contributed by atoms with Crippen molar-refractivity contribution in [2.45, 2.75) is 44.5 Å². The van der Waals surface area contributed by atoms with E-state index in [4.69, 9.17) is 23.7 Å². The third kappa shape index (κ3) is 6.33. The highest BCUT2D eigenvalue weighted by Crippen LogP contribution is 2.25. The zero-order chi connectivity index (χ0) is 19.0. The van der Waals surface area contributed by atoms with Crippen LogP contribution in [-0.2, 0) is 33.3 Å². The number of rotatable bonds is 7. The predicted molar refractivity (Wildman–Crippen MR) is 82.3 cm³/mol. The van der Waals surface area contributed by atoms with Crippen LogP contribution in [0.1, 0.15) is 13.8 Å². The van der Waals surface area contributed by atoms with Gasteiger partial charge in [-0.2, -0.15) is 0 Å². The zero-order valence-corrected chi connectivity index (χ0v) is 14.3. The van der Waals surface area contributed by atoms with E-state index in [9.17, 15) is 19.5 Å². The quantitative estimate of drug-likeness (QED) is 0.350. The van der Waals surface area contributed by atoms with Gasteiger partial charge in [0.25, 0.3) is 0 Å². The summed E-state index contributed by atoms with van der Waals surface area (Å²) in [6.45, 7) is 5.47. The molecule has 1 heterocycles. The highest BCUT2D eigenvalue weighted by molar-refractivity contribution is 5.68. The molecule has 0 aromatic carbocycles. The van der Waals surface area contributed by atoms with Gasteiger partial charge in [0.05, 0.1) is 0 Å². The van der Waals surface area contributed by atoms with Gasteiger partial charge in [-0.25, -0.2) is 4.79 Å². The number of alkyl carbamates (subject to hydrolysis) is 1. The lowest BCUT2D eigenvalue weighted by molar-refractivity contribution is -0.267. The average molecular weight is 361 g/mol. The van der Waals surface area contributed by atoms with Crippen LogP contribution >= 0.6 is 0 Å². The first-order valence-corrected chi connectivity index (χ1v) is 7.51. The fourth-order valence-electron chi connectivity index (χ4n) is 2.26. The maximum Gasteiger partial charge on any atom is 0.407 e.